The summed E-state index contributed by atoms with van der Waals surface area (Å²) in [6, 6.07) is 2.08. The van der Waals surface area contributed by atoms with Crippen LogP contribution in [0.3, 0.4) is 0 Å². The summed E-state index contributed by atoms with van der Waals surface area (Å²) in [5.74, 6) is 0. The van der Waals surface area contributed by atoms with E-state index in [0.717, 1.165) is 18.7 Å². The van der Waals surface area contributed by atoms with E-state index < -0.39 is 0 Å². The Morgan fingerprint density at radius 3 is 3.00 bits per heavy atom. The lowest BCUT2D eigenvalue weighted by Crippen LogP contribution is -2.20. The summed E-state index contributed by atoms with van der Waals surface area (Å²) in [7, 11) is 0. The maximum atomic E-state index is 5.65. The molecule has 1 aliphatic rings. The number of ether oxygens (including phenoxy) is 1. The highest BCUT2D eigenvalue weighted by atomic mass is 127. The van der Waals surface area contributed by atoms with Crippen LogP contribution in [0.1, 0.15) is 31.2 Å². The zero-order valence-corrected chi connectivity index (χ0v) is 9.82. The molecule has 3 nitrogen and oxygen atoms in total. The molecule has 1 unspecified atom stereocenters. The van der Waals surface area contributed by atoms with Crippen molar-refractivity contribution in [1.82, 2.24) is 9.78 Å². The smallest absolute Gasteiger partial charge is 0.151 e. The summed E-state index contributed by atoms with van der Waals surface area (Å²) in [5, 5.41) is 4.42. The van der Waals surface area contributed by atoms with Crippen LogP contribution in [0.15, 0.2) is 6.07 Å². The first kappa shape index (κ1) is 9.45. The number of nitrogens with zero attached hydrogens (tertiary/aromatic N) is 2. The minimum Gasteiger partial charge on any atom is -0.356 e. The van der Waals surface area contributed by atoms with Gasteiger partial charge in [-0.15, -0.1) is 0 Å². The van der Waals surface area contributed by atoms with Gasteiger partial charge < -0.3 is 4.74 Å². The molecular weight excluding hydrogens is 279 g/mol. The van der Waals surface area contributed by atoms with Crippen molar-refractivity contribution < 1.29 is 4.74 Å². The Hall–Kier alpha value is -0.100. The van der Waals surface area contributed by atoms with E-state index in [-0.39, 0.29) is 6.23 Å². The lowest BCUT2D eigenvalue weighted by atomic mass is 10.2. The number of halogens is 1. The predicted octanol–water partition coefficient (Wildman–Crippen LogP) is 2.50. The third-order valence-electron chi connectivity index (χ3n) is 2.24. The second-order valence-corrected chi connectivity index (χ2v) is 4.48. The van der Waals surface area contributed by atoms with Gasteiger partial charge in [-0.3, -0.25) is 0 Å². The quantitative estimate of drug-likeness (QED) is 0.744. The van der Waals surface area contributed by atoms with Crippen LogP contribution in [0.5, 0.6) is 0 Å². The first-order valence-electron chi connectivity index (χ1n) is 4.60. The number of aryl methyl sites for hydroxylation is 1. The van der Waals surface area contributed by atoms with Crippen LogP contribution in [0.25, 0.3) is 0 Å². The van der Waals surface area contributed by atoms with E-state index in [4.69, 9.17) is 4.74 Å². The van der Waals surface area contributed by atoms with Crippen LogP contribution in [0.2, 0.25) is 0 Å². The Morgan fingerprint density at radius 1 is 1.62 bits per heavy atom. The van der Waals surface area contributed by atoms with Gasteiger partial charge in [0.1, 0.15) is 3.70 Å². The molecule has 0 amide bonds. The molecule has 4 heteroatoms. The van der Waals surface area contributed by atoms with Crippen LogP contribution in [0, 0.1) is 10.6 Å². The summed E-state index contributed by atoms with van der Waals surface area (Å²) < 4.78 is 8.82. The summed E-state index contributed by atoms with van der Waals surface area (Å²) in [6.45, 7) is 2.89. The third-order valence-corrected chi connectivity index (χ3v) is 3.05. The van der Waals surface area contributed by atoms with Crippen molar-refractivity contribution in [2.45, 2.75) is 32.4 Å². The predicted molar refractivity (Wildman–Crippen MR) is 58.5 cm³/mol. The Morgan fingerprint density at radius 2 is 2.46 bits per heavy atom. The Kier molecular flexibility index (Phi) is 2.88. The van der Waals surface area contributed by atoms with Gasteiger partial charge in [-0.25, -0.2) is 4.68 Å². The number of rotatable bonds is 1. The van der Waals surface area contributed by atoms with Crippen LogP contribution in [-0.4, -0.2) is 16.4 Å². The average molecular weight is 292 g/mol. The Bertz CT molecular complexity index is 292. The zero-order valence-electron chi connectivity index (χ0n) is 7.66. The molecule has 1 aromatic heterocycles. The van der Waals surface area contributed by atoms with E-state index in [0.29, 0.717) is 0 Å². The van der Waals surface area contributed by atoms with E-state index >= 15 is 0 Å². The monoisotopic (exact) mass is 292 g/mol. The van der Waals surface area contributed by atoms with Gasteiger partial charge in [-0.05, 0) is 54.8 Å². The van der Waals surface area contributed by atoms with Crippen molar-refractivity contribution in [1.29, 1.82) is 0 Å². The normalized spacial score (nSPS) is 23.4. The van der Waals surface area contributed by atoms with Crippen molar-refractivity contribution >= 4 is 22.6 Å². The van der Waals surface area contributed by atoms with Crippen molar-refractivity contribution in [2.75, 3.05) is 6.61 Å². The van der Waals surface area contributed by atoms with E-state index in [1.165, 1.54) is 16.5 Å². The van der Waals surface area contributed by atoms with Crippen molar-refractivity contribution in [2.24, 2.45) is 0 Å². The first-order chi connectivity index (χ1) is 6.27. The number of aromatic nitrogens is 2. The molecule has 2 rings (SSSR count). The fourth-order valence-corrected chi connectivity index (χ4v) is 2.47. The van der Waals surface area contributed by atoms with E-state index in [9.17, 15) is 0 Å². The molecule has 0 spiro atoms. The van der Waals surface area contributed by atoms with Gasteiger partial charge >= 0.3 is 0 Å². The van der Waals surface area contributed by atoms with Crippen LogP contribution in [-0.2, 0) is 4.74 Å². The summed E-state index contributed by atoms with van der Waals surface area (Å²) in [5.41, 5.74) is 1.07. The van der Waals surface area contributed by atoms with Crippen molar-refractivity contribution in [3.05, 3.63) is 15.5 Å². The number of hydrogen-bond donors (Lipinski definition) is 0. The fourth-order valence-electron chi connectivity index (χ4n) is 1.60. The highest BCUT2D eigenvalue weighted by Gasteiger charge is 2.18. The van der Waals surface area contributed by atoms with Crippen molar-refractivity contribution in [3.63, 3.8) is 0 Å². The largest absolute Gasteiger partial charge is 0.356 e. The average Bonchev–Trinajstić information content (AvgIpc) is 2.47. The lowest BCUT2D eigenvalue weighted by Gasteiger charge is -2.23. The molecule has 0 saturated carbocycles. The van der Waals surface area contributed by atoms with Crippen LogP contribution >= 0.6 is 22.6 Å². The van der Waals surface area contributed by atoms with E-state index in [1.54, 1.807) is 0 Å². The van der Waals surface area contributed by atoms with E-state index in [1.807, 2.05) is 11.6 Å². The summed E-state index contributed by atoms with van der Waals surface area (Å²) >= 11 is 2.30. The molecule has 13 heavy (non-hydrogen) atoms. The summed E-state index contributed by atoms with van der Waals surface area (Å²) in [4.78, 5) is 0. The minimum atomic E-state index is 0.175. The lowest BCUT2D eigenvalue weighted by molar-refractivity contribution is -0.0412. The molecule has 72 valence electrons. The van der Waals surface area contributed by atoms with Crippen LogP contribution < -0.4 is 0 Å². The summed E-state index contributed by atoms with van der Waals surface area (Å²) in [6.07, 6.45) is 3.71. The molecule has 0 bridgehead atoms. The van der Waals surface area contributed by atoms with Gasteiger partial charge in [-0.2, -0.15) is 5.10 Å². The molecule has 0 radical (unpaired) electrons. The molecule has 1 aliphatic heterocycles. The molecule has 0 N–H and O–H groups in total. The van der Waals surface area contributed by atoms with Gasteiger partial charge in [-0.1, -0.05) is 0 Å². The Balaban J connectivity index is 2.18. The Labute approximate surface area is 91.6 Å². The highest BCUT2D eigenvalue weighted by molar-refractivity contribution is 14.1. The second-order valence-electron chi connectivity index (χ2n) is 3.37. The second kappa shape index (κ2) is 3.96. The molecule has 1 saturated heterocycles. The SMILES string of the molecule is Cc1cc(I)n(C2CCCCO2)n1. The minimum absolute atomic E-state index is 0.175. The van der Waals surface area contributed by atoms with E-state index in [2.05, 4.69) is 33.8 Å². The molecule has 1 atom stereocenters. The number of hydrogen-bond acceptors (Lipinski definition) is 2. The highest BCUT2D eigenvalue weighted by Crippen LogP contribution is 2.24. The van der Waals surface area contributed by atoms with Gasteiger partial charge in [0.05, 0.1) is 5.69 Å². The third kappa shape index (κ3) is 2.04. The molecule has 1 aromatic rings. The van der Waals surface area contributed by atoms with Gasteiger partial charge in [0, 0.05) is 6.61 Å². The molecule has 1 fully saturated rings. The molecule has 0 aromatic carbocycles. The van der Waals surface area contributed by atoms with Gasteiger partial charge in [0.15, 0.2) is 6.23 Å². The zero-order chi connectivity index (χ0) is 9.26. The van der Waals surface area contributed by atoms with Crippen molar-refractivity contribution in [3.8, 4) is 0 Å². The fraction of sp³-hybridized carbons (Fsp3) is 0.667. The maximum absolute atomic E-state index is 5.65. The van der Waals surface area contributed by atoms with Crippen LogP contribution in [0.4, 0.5) is 0 Å². The van der Waals surface area contributed by atoms with Gasteiger partial charge in [0.25, 0.3) is 0 Å². The molecular formula is C9H13IN2O. The standard InChI is InChI=1S/C9H13IN2O/c1-7-6-8(10)12(11-7)9-4-2-3-5-13-9/h6,9H,2-5H2,1H3. The first-order valence-corrected chi connectivity index (χ1v) is 5.68. The maximum Gasteiger partial charge on any atom is 0.151 e. The molecule has 0 aliphatic carbocycles. The van der Waals surface area contributed by atoms with Gasteiger partial charge in [0.2, 0.25) is 0 Å². The molecule has 2 heterocycles. The topological polar surface area (TPSA) is 27.1 Å².